The van der Waals surface area contributed by atoms with E-state index in [0.29, 0.717) is 6.08 Å². The summed E-state index contributed by atoms with van der Waals surface area (Å²) in [5, 5.41) is 10.5. The Morgan fingerprint density at radius 1 is 1.43 bits per heavy atom. The third-order valence-corrected chi connectivity index (χ3v) is 1.42. The zero-order chi connectivity index (χ0) is 11.1. The molecular formula is C8H12N2O4. The van der Waals surface area contributed by atoms with Crippen molar-refractivity contribution in [2.75, 3.05) is 6.54 Å². The molecule has 0 saturated carbocycles. The van der Waals surface area contributed by atoms with Gasteiger partial charge in [-0.05, 0) is 6.92 Å². The van der Waals surface area contributed by atoms with Gasteiger partial charge in [0.2, 0.25) is 5.91 Å². The van der Waals surface area contributed by atoms with Crippen molar-refractivity contribution in [3.63, 3.8) is 0 Å². The molecule has 6 nitrogen and oxygen atoms in total. The third kappa shape index (κ3) is 5.04. The van der Waals surface area contributed by atoms with Crippen LogP contribution in [-0.4, -0.2) is 35.4 Å². The van der Waals surface area contributed by atoms with E-state index in [1.54, 1.807) is 0 Å². The summed E-state index contributed by atoms with van der Waals surface area (Å²) in [5.74, 6) is -2.16. The van der Waals surface area contributed by atoms with Crippen molar-refractivity contribution < 1.29 is 19.5 Å². The third-order valence-electron chi connectivity index (χ3n) is 1.42. The van der Waals surface area contributed by atoms with E-state index in [0.717, 1.165) is 6.08 Å². The van der Waals surface area contributed by atoms with Crippen LogP contribution in [0.3, 0.4) is 0 Å². The number of aliphatic carboxylic acids is 1. The molecule has 0 saturated heterocycles. The lowest BCUT2D eigenvalue weighted by molar-refractivity contribution is -0.131. The maximum Gasteiger partial charge on any atom is 0.328 e. The number of hydrogen-bond donors (Lipinski definition) is 3. The van der Waals surface area contributed by atoms with Gasteiger partial charge in [-0.3, -0.25) is 9.59 Å². The van der Waals surface area contributed by atoms with Crippen LogP contribution in [0, 0.1) is 0 Å². The summed E-state index contributed by atoms with van der Waals surface area (Å²) in [5.41, 5.74) is 5.20. The van der Waals surface area contributed by atoms with Crippen molar-refractivity contribution in [2.24, 2.45) is 5.73 Å². The molecule has 0 heterocycles. The van der Waals surface area contributed by atoms with Crippen molar-refractivity contribution in [1.82, 2.24) is 5.32 Å². The van der Waals surface area contributed by atoms with Crippen LogP contribution >= 0.6 is 0 Å². The highest BCUT2D eigenvalue weighted by Gasteiger charge is 2.13. The molecule has 0 aromatic heterocycles. The monoisotopic (exact) mass is 200 g/mol. The van der Waals surface area contributed by atoms with E-state index < -0.39 is 17.9 Å². The van der Waals surface area contributed by atoms with Gasteiger partial charge in [0.15, 0.2) is 5.78 Å². The number of carboxylic acid groups (broad SMARTS) is 1. The number of nitrogens with two attached hydrogens (primary N) is 1. The Kier molecular flexibility index (Phi) is 5.16. The van der Waals surface area contributed by atoms with E-state index in [9.17, 15) is 14.4 Å². The standard InChI is InChI=1S/C8H12N2O4/c1-5(11)6(4-9)10-7(12)2-3-8(13)14/h2-3,6H,4,9H2,1H3,(H,10,12)(H,13,14)/b3-2-. The molecule has 0 aliphatic rings. The fraction of sp³-hybridized carbons (Fsp3) is 0.375. The summed E-state index contributed by atoms with van der Waals surface area (Å²) in [6, 6.07) is -0.763. The number of carbonyl (C=O) groups is 3. The number of ketones is 1. The summed E-state index contributed by atoms with van der Waals surface area (Å²) in [6.45, 7) is 1.28. The largest absolute Gasteiger partial charge is 0.478 e. The highest BCUT2D eigenvalue weighted by molar-refractivity contribution is 5.96. The molecule has 1 atom stereocenters. The Balaban J connectivity index is 4.17. The van der Waals surface area contributed by atoms with Crippen LogP contribution in [0.4, 0.5) is 0 Å². The fourth-order valence-corrected chi connectivity index (χ4v) is 0.693. The van der Waals surface area contributed by atoms with Crippen molar-refractivity contribution in [1.29, 1.82) is 0 Å². The van der Waals surface area contributed by atoms with E-state index >= 15 is 0 Å². The first kappa shape index (κ1) is 12.3. The van der Waals surface area contributed by atoms with Crippen LogP contribution < -0.4 is 11.1 Å². The lowest BCUT2D eigenvalue weighted by Gasteiger charge is -2.11. The second kappa shape index (κ2) is 5.87. The van der Waals surface area contributed by atoms with Crippen LogP contribution in [0.15, 0.2) is 12.2 Å². The summed E-state index contributed by atoms with van der Waals surface area (Å²) in [4.78, 5) is 31.8. The molecule has 4 N–H and O–H groups in total. The predicted molar refractivity (Wildman–Crippen MR) is 48.4 cm³/mol. The Morgan fingerprint density at radius 2 is 2.00 bits per heavy atom. The van der Waals surface area contributed by atoms with Crippen LogP contribution in [0.2, 0.25) is 0 Å². The minimum absolute atomic E-state index is 0.0119. The van der Waals surface area contributed by atoms with Gasteiger partial charge in [-0.15, -0.1) is 0 Å². The second-order valence-corrected chi connectivity index (χ2v) is 2.58. The number of Topliss-reactive ketones (excluding diaryl/α,β-unsaturated/α-hetero) is 1. The van der Waals surface area contributed by atoms with Crippen LogP contribution in [0.1, 0.15) is 6.92 Å². The van der Waals surface area contributed by atoms with Gasteiger partial charge in [0.05, 0.1) is 6.04 Å². The lowest BCUT2D eigenvalue weighted by Crippen LogP contribution is -2.44. The SMILES string of the molecule is CC(=O)C(CN)NC(=O)/C=C\C(=O)O. The molecule has 0 aliphatic heterocycles. The maximum atomic E-state index is 11.0. The van der Waals surface area contributed by atoms with Gasteiger partial charge >= 0.3 is 5.97 Å². The highest BCUT2D eigenvalue weighted by atomic mass is 16.4. The smallest absolute Gasteiger partial charge is 0.328 e. The van der Waals surface area contributed by atoms with Gasteiger partial charge in [-0.25, -0.2) is 4.79 Å². The van der Waals surface area contributed by atoms with Gasteiger partial charge in [-0.1, -0.05) is 0 Å². The van der Waals surface area contributed by atoms with Crippen LogP contribution in [-0.2, 0) is 14.4 Å². The molecule has 0 spiro atoms. The first-order valence-electron chi connectivity index (χ1n) is 3.89. The summed E-state index contributed by atoms with van der Waals surface area (Å²) in [6.07, 6.45) is 1.51. The van der Waals surface area contributed by atoms with Gasteiger partial charge < -0.3 is 16.2 Å². The average Bonchev–Trinajstić information content (AvgIpc) is 2.10. The van der Waals surface area contributed by atoms with Gasteiger partial charge in [0, 0.05) is 18.7 Å². The molecule has 0 rings (SSSR count). The Morgan fingerprint density at radius 3 is 2.36 bits per heavy atom. The first-order chi connectivity index (χ1) is 6.47. The van der Waals surface area contributed by atoms with Crippen LogP contribution in [0.25, 0.3) is 0 Å². The molecule has 78 valence electrons. The molecule has 1 amide bonds. The Labute approximate surface area is 80.8 Å². The molecule has 14 heavy (non-hydrogen) atoms. The molecule has 0 aromatic rings. The summed E-state index contributed by atoms with van der Waals surface area (Å²) in [7, 11) is 0. The van der Waals surface area contributed by atoms with Crippen molar-refractivity contribution >= 4 is 17.7 Å². The molecule has 0 bridgehead atoms. The fourth-order valence-electron chi connectivity index (χ4n) is 0.693. The van der Waals surface area contributed by atoms with Crippen molar-refractivity contribution in [3.05, 3.63) is 12.2 Å². The number of carboxylic acids is 1. The van der Waals surface area contributed by atoms with E-state index in [4.69, 9.17) is 10.8 Å². The highest BCUT2D eigenvalue weighted by Crippen LogP contribution is 1.84. The van der Waals surface area contributed by atoms with E-state index in [-0.39, 0.29) is 12.3 Å². The quantitative estimate of drug-likeness (QED) is 0.476. The van der Waals surface area contributed by atoms with E-state index in [1.807, 2.05) is 0 Å². The van der Waals surface area contributed by atoms with Crippen molar-refractivity contribution in [2.45, 2.75) is 13.0 Å². The van der Waals surface area contributed by atoms with Gasteiger partial charge in [0.1, 0.15) is 0 Å². The molecule has 0 aliphatic carbocycles. The molecule has 0 radical (unpaired) electrons. The molecule has 6 heteroatoms. The van der Waals surface area contributed by atoms with Crippen molar-refractivity contribution in [3.8, 4) is 0 Å². The summed E-state index contributed by atoms with van der Waals surface area (Å²) < 4.78 is 0. The predicted octanol–water partition coefficient (Wildman–Crippen LogP) is -1.34. The summed E-state index contributed by atoms with van der Waals surface area (Å²) >= 11 is 0. The number of nitrogens with one attached hydrogen (secondary N) is 1. The lowest BCUT2D eigenvalue weighted by atomic mass is 10.2. The number of amides is 1. The zero-order valence-electron chi connectivity index (χ0n) is 7.69. The molecule has 0 aromatic carbocycles. The van der Waals surface area contributed by atoms with Crippen LogP contribution in [0.5, 0.6) is 0 Å². The number of hydrogen-bond acceptors (Lipinski definition) is 4. The van der Waals surface area contributed by atoms with E-state index in [2.05, 4.69) is 5.32 Å². The minimum atomic E-state index is -1.23. The number of rotatable bonds is 5. The average molecular weight is 200 g/mol. The topological polar surface area (TPSA) is 109 Å². The molecular weight excluding hydrogens is 188 g/mol. The normalized spacial score (nSPS) is 12.4. The Bertz CT molecular complexity index is 273. The molecule has 0 fully saturated rings. The second-order valence-electron chi connectivity index (χ2n) is 2.58. The van der Waals surface area contributed by atoms with Gasteiger partial charge in [0.25, 0.3) is 0 Å². The zero-order valence-corrected chi connectivity index (χ0v) is 7.69. The van der Waals surface area contributed by atoms with Gasteiger partial charge in [-0.2, -0.15) is 0 Å². The Hall–Kier alpha value is -1.69. The minimum Gasteiger partial charge on any atom is -0.478 e. The first-order valence-corrected chi connectivity index (χ1v) is 3.89. The molecule has 1 unspecified atom stereocenters. The maximum absolute atomic E-state index is 11.0. The van der Waals surface area contributed by atoms with E-state index in [1.165, 1.54) is 6.92 Å². The number of carbonyl (C=O) groups excluding carboxylic acids is 2.